The summed E-state index contributed by atoms with van der Waals surface area (Å²) in [5.41, 5.74) is 0.260. The van der Waals surface area contributed by atoms with Crippen molar-refractivity contribution in [1.82, 2.24) is 0 Å². The van der Waals surface area contributed by atoms with Crippen LogP contribution in [-0.4, -0.2) is 5.11 Å². The van der Waals surface area contributed by atoms with Crippen molar-refractivity contribution in [3.8, 4) is 0 Å². The molecule has 2 fully saturated rings. The molecule has 0 radical (unpaired) electrons. The van der Waals surface area contributed by atoms with Crippen LogP contribution in [0.15, 0.2) is 24.3 Å². The SMILES string of the molecule is OC1(c2ccccc2Cl)CCCC(C2CC2)C1. The first kappa shape index (κ1) is 11.6. The predicted molar refractivity (Wildman–Crippen MR) is 70.0 cm³/mol. The summed E-state index contributed by atoms with van der Waals surface area (Å²) >= 11 is 6.23. The van der Waals surface area contributed by atoms with Crippen molar-refractivity contribution in [3.63, 3.8) is 0 Å². The minimum absolute atomic E-state index is 0.677. The lowest BCUT2D eigenvalue weighted by atomic mass is 9.73. The molecular weight excluding hydrogens is 232 g/mol. The highest BCUT2D eigenvalue weighted by atomic mass is 35.5. The maximum Gasteiger partial charge on any atom is 0.0913 e. The number of hydrogen-bond acceptors (Lipinski definition) is 1. The average molecular weight is 251 g/mol. The molecule has 0 bridgehead atoms. The van der Waals surface area contributed by atoms with Gasteiger partial charge in [-0.05, 0) is 56.4 Å². The van der Waals surface area contributed by atoms with Gasteiger partial charge in [0.25, 0.3) is 0 Å². The standard InChI is InChI=1S/C15H19ClO/c16-14-6-2-1-5-13(14)15(17)9-3-4-12(10-15)11-7-8-11/h1-2,5-6,11-12,17H,3-4,7-10H2. The molecule has 0 amide bonds. The first-order chi connectivity index (χ1) is 8.19. The molecule has 2 aliphatic carbocycles. The highest BCUT2D eigenvalue weighted by molar-refractivity contribution is 6.31. The largest absolute Gasteiger partial charge is 0.385 e. The summed E-state index contributed by atoms with van der Waals surface area (Å²) in [5.74, 6) is 1.59. The molecular formula is C15H19ClO. The fraction of sp³-hybridized carbons (Fsp3) is 0.600. The molecule has 1 aromatic rings. The molecule has 2 aliphatic rings. The topological polar surface area (TPSA) is 20.2 Å². The van der Waals surface area contributed by atoms with Gasteiger partial charge < -0.3 is 5.11 Å². The summed E-state index contributed by atoms with van der Waals surface area (Å²) in [4.78, 5) is 0. The molecule has 92 valence electrons. The zero-order valence-electron chi connectivity index (χ0n) is 10.0. The van der Waals surface area contributed by atoms with Gasteiger partial charge in [-0.25, -0.2) is 0 Å². The van der Waals surface area contributed by atoms with Gasteiger partial charge in [-0.15, -0.1) is 0 Å². The zero-order valence-corrected chi connectivity index (χ0v) is 10.8. The van der Waals surface area contributed by atoms with E-state index in [0.717, 1.165) is 30.7 Å². The van der Waals surface area contributed by atoms with Crippen LogP contribution in [0.4, 0.5) is 0 Å². The highest BCUT2D eigenvalue weighted by Gasteiger charge is 2.42. The van der Waals surface area contributed by atoms with Crippen molar-refractivity contribution < 1.29 is 5.11 Å². The Bertz CT molecular complexity index is 413. The van der Waals surface area contributed by atoms with E-state index in [2.05, 4.69) is 0 Å². The Morgan fingerprint density at radius 2 is 1.88 bits per heavy atom. The normalized spacial score (nSPS) is 33.6. The smallest absolute Gasteiger partial charge is 0.0913 e. The Balaban J connectivity index is 1.86. The Labute approximate surface area is 108 Å². The number of halogens is 1. The molecule has 1 aromatic carbocycles. The van der Waals surface area contributed by atoms with E-state index in [-0.39, 0.29) is 0 Å². The summed E-state index contributed by atoms with van der Waals surface area (Å²) < 4.78 is 0. The zero-order chi connectivity index (χ0) is 11.9. The molecule has 0 aromatic heterocycles. The third-order valence-corrected chi connectivity index (χ3v) is 4.76. The lowest BCUT2D eigenvalue weighted by Gasteiger charge is -2.38. The fourth-order valence-corrected chi connectivity index (χ4v) is 3.66. The van der Waals surface area contributed by atoms with Crippen molar-refractivity contribution in [2.75, 3.05) is 0 Å². The molecule has 2 saturated carbocycles. The van der Waals surface area contributed by atoms with Crippen molar-refractivity contribution >= 4 is 11.6 Å². The Morgan fingerprint density at radius 1 is 1.12 bits per heavy atom. The molecule has 0 spiro atoms. The molecule has 2 unspecified atom stereocenters. The third-order valence-electron chi connectivity index (χ3n) is 4.43. The molecule has 0 aliphatic heterocycles. The highest BCUT2D eigenvalue weighted by Crippen LogP contribution is 2.50. The van der Waals surface area contributed by atoms with E-state index in [1.807, 2.05) is 24.3 Å². The maximum absolute atomic E-state index is 10.9. The summed E-state index contributed by atoms with van der Waals surface area (Å²) in [6, 6.07) is 7.77. The quantitative estimate of drug-likeness (QED) is 0.837. The number of aliphatic hydroxyl groups is 1. The van der Waals surface area contributed by atoms with Crippen molar-refractivity contribution in [1.29, 1.82) is 0 Å². The molecule has 1 N–H and O–H groups in total. The van der Waals surface area contributed by atoms with Crippen LogP contribution < -0.4 is 0 Å². The summed E-state index contributed by atoms with van der Waals surface area (Å²) in [6.07, 6.45) is 6.91. The molecule has 0 heterocycles. The van der Waals surface area contributed by atoms with Gasteiger partial charge in [0.2, 0.25) is 0 Å². The average Bonchev–Trinajstić information content (AvgIpc) is 3.13. The van der Waals surface area contributed by atoms with E-state index in [4.69, 9.17) is 11.6 Å². The lowest BCUT2D eigenvalue weighted by molar-refractivity contribution is -0.0250. The molecule has 17 heavy (non-hydrogen) atoms. The fourth-order valence-electron chi connectivity index (χ4n) is 3.35. The van der Waals surface area contributed by atoms with E-state index in [0.29, 0.717) is 10.9 Å². The molecule has 0 saturated heterocycles. The monoisotopic (exact) mass is 250 g/mol. The first-order valence-electron chi connectivity index (χ1n) is 6.66. The van der Waals surface area contributed by atoms with Crippen LogP contribution in [0.1, 0.15) is 44.1 Å². The van der Waals surface area contributed by atoms with Gasteiger partial charge in [-0.2, -0.15) is 0 Å². The van der Waals surface area contributed by atoms with Crippen LogP contribution >= 0.6 is 11.6 Å². The van der Waals surface area contributed by atoms with Crippen LogP contribution in [0, 0.1) is 11.8 Å². The second-order valence-corrected chi connectivity index (χ2v) is 6.11. The molecule has 2 atom stereocenters. The van der Waals surface area contributed by atoms with Gasteiger partial charge in [0.1, 0.15) is 0 Å². The third kappa shape index (κ3) is 2.23. The number of hydrogen-bond donors (Lipinski definition) is 1. The number of rotatable bonds is 2. The first-order valence-corrected chi connectivity index (χ1v) is 7.04. The minimum atomic E-state index is -0.677. The van der Waals surface area contributed by atoms with E-state index in [1.54, 1.807) is 0 Å². The Morgan fingerprint density at radius 3 is 2.59 bits per heavy atom. The second kappa shape index (κ2) is 4.29. The second-order valence-electron chi connectivity index (χ2n) is 5.71. The van der Waals surface area contributed by atoms with Crippen LogP contribution in [0.25, 0.3) is 0 Å². The van der Waals surface area contributed by atoms with Gasteiger partial charge in [-0.1, -0.05) is 29.8 Å². The Hall–Kier alpha value is -0.530. The predicted octanol–water partition coefficient (Wildman–Crippen LogP) is 4.13. The van der Waals surface area contributed by atoms with Gasteiger partial charge in [-0.3, -0.25) is 0 Å². The summed E-state index contributed by atoms with van der Waals surface area (Å²) in [6.45, 7) is 0. The number of benzene rings is 1. The van der Waals surface area contributed by atoms with Gasteiger partial charge in [0, 0.05) is 10.6 Å². The van der Waals surface area contributed by atoms with Gasteiger partial charge in [0.05, 0.1) is 5.60 Å². The van der Waals surface area contributed by atoms with Crippen molar-refractivity contribution in [3.05, 3.63) is 34.9 Å². The van der Waals surface area contributed by atoms with Gasteiger partial charge in [0.15, 0.2) is 0 Å². The molecule has 3 rings (SSSR count). The van der Waals surface area contributed by atoms with Crippen LogP contribution in [-0.2, 0) is 5.60 Å². The van der Waals surface area contributed by atoms with Crippen molar-refractivity contribution in [2.24, 2.45) is 11.8 Å². The molecule has 2 heteroatoms. The van der Waals surface area contributed by atoms with Crippen LogP contribution in [0.5, 0.6) is 0 Å². The minimum Gasteiger partial charge on any atom is -0.385 e. The summed E-state index contributed by atoms with van der Waals surface area (Å²) in [7, 11) is 0. The van der Waals surface area contributed by atoms with Crippen LogP contribution in [0.2, 0.25) is 5.02 Å². The van der Waals surface area contributed by atoms with Gasteiger partial charge >= 0.3 is 0 Å². The maximum atomic E-state index is 10.9. The summed E-state index contributed by atoms with van der Waals surface area (Å²) in [5, 5.41) is 11.6. The van der Waals surface area contributed by atoms with E-state index in [9.17, 15) is 5.11 Å². The Kier molecular flexibility index (Phi) is 2.92. The van der Waals surface area contributed by atoms with E-state index >= 15 is 0 Å². The lowest BCUT2D eigenvalue weighted by Crippen LogP contribution is -2.33. The van der Waals surface area contributed by atoms with Crippen LogP contribution in [0.3, 0.4) is 0 Å². The van der Waals surface area contributed by atoms with E-state index in [1.165, 1.54) is 19.3 Å². The van der Waals surface area contributed by atoms with E-state index < -0.39 is 5.60 Å². The molecule has 1 nitrogen and oxygen atoms in total. The van der Waals surface area contributed by atoms with Crippen molar-refractivity contribution in [2.45, 2.75) is 44.1 Å².